The molecule has 1 aromatic rings. The zero-order valence-corrected chi connectivity index (χ0v) is 12.0. The topological polar surface area (TPSA) is 41.9 Å². The number of nitrogens with zero attached hydrogens (tertiary/aromatic N) is 1. The molecule has 1 saturated heterocycles. The number of halogens is 1. The van der Waals surface area contributed by atoms with Crippen LogP contribution >= 0.6 is 15.9 Å². The summed E-state index contributed by atoms with van der Waals surface area (Å²) in [6.45, 7) is 3.28. The highest BCUT2D eigenvalue weighted by Crippen LogP contribution is 2.30. The van der Waals surface area contributed by atoms with Crippen LogP contribution in [0, 0.1) is 0 Å². The van der Waals surface area contributed by atoms with Crippen LogP contribution < -0.4 is 4.74 Å². The fraction of sp³-hybridized carbons (Fsp3) is 0.538. The molecular formula is C13H18BrNO3. The zero-order chi connectivity index (χ0) is 13.0. The molecule has 0 bridgehead atoms. The largest absolute Gasteiger partial charge is 0.496 e. The Morgan fingerprint density at radius 2 is 2.17 bits per heavy atom. The van der Waals surface area contributed by atoms with E-state index in [0.29, 0.717) is 0 Å². The average molecular weight is 316 g/mol. The number of aliphatic hydroxyl groups is 1. The molecule has 1 fully saturated rings. The number of ether oxygens (including phenoxy) is 2. The lowest BCUT2D eigenvalue weighted by Gasteiger charge is -2.33. The first-order chi connectivity index (χ1) is 8.76. The van der Waals surface area contributed by atoms with Gasteiger partial charge in [0.05, 0.1) is 37.4 Å². The predicted octanol–water partition coefficient (Wildman–Crippen LogP) is 1.82. The van der Waals surface area contributed by atoms with Gasteiger partial charge >= 0.3 is 0 Å². The van der Waals surface area contributed by atoms with Gasteiger partial charge in [-0.15, -0.1) is 0 Å². The minimum Gasteiger partial charge on any atom is -0.496 e. The number of morpholine rings is 1. The summed E-state index contributed by atoms with van der Waals surface area (Å²) < 4.78 is 11.5. The molecule has 100 valence electrons. The normalized spacial score (nSPS) is 18.6. The molecule has 1 heterocycles. The maximum Gasteiger partial charge on any atom is 0.133 e. The summed E-state index contributed by atoms with van der Waals surface area (Å²) in [7, 11) is 1.64. The molecule has 0 radical (unpaired) electrons. The smallest absolute Gasteiger partial charge is 0.133 e. The first-order valence-corrected chi connectivity index (χ1v) is 6.81. The van der Waals surface area contributed by atoms with Gasteiger partial charge in [-0.05, 0) is 33.6 Å². The fourth-order valence-corrected chi connectivity index (χ4v) is 2.77. The van der Waals surface area contributed by atoms with Crippen LogP contribution in [0.2, 0.25) is 0 Å². The van der Waals surface area contributed by atoms with Crippen molar-refractivity contribution >= 4 is 15.9 Å². The summed E-state index contributed by atoms with van der Waals surface area (Å²) in [5, 5.41) is 9.62. The molecule has 0 saturated carbocycles. The van der Waals surface area contributed by atoms with Gasteiger partial charge in [-0.1, -0.05) is 6.07 Å². The molecule has 18 heavy (non-hydrogen) atoms. The van der Waals surface area contributed by atoms with Crippen LogP contribution in [0.25, 0.3) is 0 Å². The van der Waals surface area contributed by atoms with E-state index in [9.17, 15) is 5.11 Å². The van der Waals surface area contributed by atoms with Crippen LogP contribution in [0.5, 0.6) is 5.75 Å². The van der Waals surface area contributed by atoms with E-state index in [2.05, 4.69) is 20.8 Å². The van der Waals surface area contributed by atoms with Gasteiger partial charge in [-0.25, -0.2) is 0 Å². The molecule has 1 aliphatic rings. The van der Waals surface area contributed by atoms with Crippen LogP contribution in [0.15, 0.2) is 22.7 Å². The zero-order valence-electron chi connectivity index (χ0n) is 10.4. The molecule has 1 N–H and O–H groups in total. The van der Waals surface area contributed by atoms with E-state index >= 15 is 0 Å². The van der Waals surface area contributed by atoms with Gasteiger partial charge in [0.1, 0.15) is 5.75 Å². The SMILES string of the molecule is COc1ccc(C(CO)N2CCOCC2)cc1Br. The average Bonchev–Trinajstić information content (AvgIpc) is 2.41. The molecule has 1 aromatic carbocycles. The number of methoxy groups -OCH3 is 1. The van der Waals surface area contributed by atoms with Gasteiger partial charge in [0.15, 0.2) is 0 Å². The Morgan fingerprint density at radius 1 is 1.44 bits per heavy atom. The molecule has 0 spiro atoms. The lowest BCUT2D eigenvalue weighted by molar-refractivity contribution is 0.00257. The Kier molecular flexibility index (Phi) is 5.00. The Labute approximate surface area is 116 Å². The maximum absolute atomic E-state index is 9.62. The Balaban J connectivity index is 2.18. The lowest BCUT2D eigenvalue weighted by Crippen LogP contribution is -2.40. The third kappa shape index (κ3) is 3.03. The third-order valence-electron chi connectivity index (χ3n) is 3.22. The highest BCUT2D eigenvalue weighted by Gasteiger charge is 2.22. The van der Waals surface area contributed by atoms with Crippen LogP contribution in [-0.4, -0.2) is 50.0 Å². The minimum absolute atomic E-state index is 0.0242. The number of hydrogen-bond donors (Lipinski definition) is 1. The number of aliphatic hydroxyl groups excluding tert-OH is 1. The molecule has 5 heteroatoms. The maximum atomic E-state index is 9.62. The second-order valence-corrected chi connectivity index (χ2v) is 5.10. The number of hydrogen-bond acceptors (Lipinski definition) is 4. The van der Waals surface area contributed by atoms with E-state index in [4.69, 9.17) is 9.47 Å². The molecule has 0 amide bonds. The first kappa shape index (κ1) is 13.8. The van der Waals surface area contributed by atoms with Gasteiger partial charge in [0.2, 0.25) is 0 Å². The van der Waals surface area contributed by atoms with Crippen LogP contribution in [-0.2, 0) is 4.74 Å². The highest BCUT2D eigenvalue weighted by atomic mass is 79.9. The van der Waals surface area contributed by atoms with E-state index in [1.54, 1.807) is 7.11 Å². The van der Waals surface area contributed by atoms with Crippen molar-refractivity contribution < 1.29 is 14.6 Å². The second-order valence-electron chi connectivity index (χ2n) is 4.24. The van der Waals surface area contributed by atoms with E-state index in [-0.39, 0.29) is 12.6 Å². The van der Waals surface area contributed by atoms with E-state index in [1.165, 1.54) is 0 Å². The van der Waals surface area contributed by atoms with Crippen molar-refractivity contribution in [2.24, 2.45) is 0 Å². The standard InChI is InChI=1S/C13H18BrNO3/c1-17-13-3-2-10(8-11(13)14)12(9-16)15-4-6-18-7-5-15/h2-3,8,12,16H,4-7,9H2,1H3. The van der Waals surface area contributed by atoms with Crippen molar-refractivity contribution in [3.8, 4) is 5.75 Å². The van der Waals surface area contributed by atoms with E-state index in [0.717, 1.165) is 42.1 Å². The van der Waals surface area contributed by atoms with Crippen LogP contribution in [0.4, 0.5) is 0 Å². The molecule has 1 aliphatic heterocycles. The van der Waals surface area contributed by atoms with Crippen molar-refractivity contribution in [1.82, 2.24) is 4.90 Å². The van der Waals surface area contributed by atoms with Crippen molar-refractivity contribution in [2.45, 2.75) is 6.04 Å². The molecule has 0 aromatic heterocycles. The number of rotatable bonds is 4. The second kappa shape index (κ2) is 6.52. The van der Waals surface area contributed by atoms with Gasteiger partial charge < -0.3 is 14.6 Å². The molecule has 2 rings (SSSR count). The van der Waals surface area contributed by atoms with Gasteiger partial charge in [-0.3, -0.25) is 4.90 Å². The Bertz CT molecular complexity index is 394. The molecule has 1 atom stereocenters. The van der Waals surface area contributed by atoms with Gasteiger partial charge in [0.25, 0.3) is 0 Å². The van der Waals surface area contributed by atoms with E-state index in [1.807, 2.05) is 18.2 Å². The Hall–Kier alpha value is -0.620. The van der Waals surface area contributed by atoms with Gasteiger partial charge in [0, 0.05) is 13.1 Å². The van der Waals surface area contributed by atoms with Crippen molar-refractivity contribution in [3.05, 3.63) is 28.2 Å². The van der Waals surface area contributed by atoms with Gasteiger partial charge in [-0.2, -0.15) is 0 Å². The summed E-state index contributed by atoms with van der Waals surface area (Å²) in [5.74, 6) is 0.803. The van der Waals surface area contributed by atoms with Crippen LogP contribution in [0.3, 0.4) is 0 Å². The molecular weight excluding hydrogens is 298 g/mol. The fourth-order valence-electron chi connectivity index (χ4n) is 2.21. The third-order valence-corrected chi connectivity index (χ3v) is 3.84. The lowest BCUT2D eigenvalue weighted by atomic mass is 10.1. The summed E-state index contributed by atoms with van der Waals surface area (Å²) >= 11 is 3.48. The van der Waals surface area contributed by atoms with Crippen molar-refractivity contribution in [3.63, 3.8) is 0 Å². The molecule has 4 nitrogen and oxygen atoms in total. The highest BCUT2D eigenvalue weighted by molar-refractivity contribution is 9.10. The van der Waals surface area contributed by atoms with Crippen LogP contribution in [0.1, 0.15) is 11.6 Å². The summed E-state index contributed by atoms with van der Waals surface area (Å²) in [4.78, 5) is 2.25. The summed E-state index contributed by atoms with van der Waals surface area (Å²) in [5.41, 5.74) is 1.09. The monoisotopic (exact) mass is 315 g/mol. The number of benzene rings is 1. The Morgan fingerprint density at radius 3 is 2.72 bits per heavy atom. The summed E-state index contributed by atoms with van der Waals surface area (Å²) in [6, 6.07) is 5.95. The molecule has 0 aliphatic carbocycles. The van der Waals surface area contributed by atoms with Crippen molar-refractivity contribution in [2.75, 3.05) is 40.0 Å². The first-order valence-electron chi connectivity index (χ1n) is 6.02. The quantitative estimate of drug-likeness (QED) is 0.920. The van der Waals surface area contributed by atoms with E-state index < -0.39 is 0 Å². The molecule has 1 unspecified atom stereocenters. The summed E-state index contributed by atoms with van der Waals surface area (Å²) in [6.07, 6.45) is 0. The predicted molar refractivity (Wildman–Crippen MR) is 72.9 cm³/mol. The van der Waals surface area contributed by atoms with Crippen molar-refractivity contribution in [1.29, 1.82) is 0 Å². The minimum atomic E-state index is 0.0242.